The number of rotatable bonds is 2. The first-order valence-corrected chi connectivity index (χ1v) is 8.04. The second-order valence-electron chi connectivity index (χ2n) is 5.22. The van der Waals surface area contributed by atoms with Crippen LogP contribution in [0.15, 0.2) is 30.3 Å². The molecule has 0 saturated heterocycles. The summed E-state index contributed by atoms with van der Waals surface area (Å²) in [6, 6.07) is 9.94. The van der Waals surface area contributed by atoms with Crippen LogP contribution in [-0.4, -0.2) is 15.5 Å². The topological polar surface area (TPSA) is 34.1 Å². The SMILES string of the molecule is CC1(C)CC(=O)C([I-]c2ccccc2)C(=O)C1. The van der Waals surface area contributed by atoms with E-state index in [9.17, 15) is 9.59 Å². The molecule has 0 spiro atoms. The van der Waals surface area contributed by atoms with Crippen LogP contribution in [-0.2, 0) is 9.59 Å². The van der Waals surface area contributed by atoms with Gasteiger partial charge in [-0.25, -0.2) is 0 Å². The van der Waals surface area contributed by atoms with Crippen molar-refractivity contribution in [1.82, 2.24) is 0 Å². The monoisotopic (exact) mass is 343 g/mol. The van der Waals surface area contributed by atoms with Crippen LogP contribution in [0.1, 0.15) is 26.7 Å². The van der Waals surface area contributed by atoms with Crippen molar-refractivity contribution in [2.75, 3.05) is 0 Å². The number of hydrogen-bond acceptors (Lipinski definition) is 2. The summed E-state index contributed by atoms with van der Waals surface area (Å²) in [6.45, 7) is 4.00. The van der Waals surface area contributed by atoms with Gasteiger partial charge in [-0.05, 0) is 0 Å². The molecule has 0 amide bonds. The third kappa shape index (κ3) is 3.15. The number of alkyl halides is 1. The fourth-order valence-electron chi connectivity index (χ4n) is 2.10. The van der Waals surface area contributed by atoms with Crippen molar-refractivity contribution in [3.8, 4) is 0 Å². The predicted octanol–water partition coefficient (Wildman–Crippen LogP) is -0.728. The fourth-order valence-corrected chi connectivity index (χ4v) is 4.78. The second kappa shape index (κ2) is 4.88. The van der Waals surface area contributed by atoms with Gasteiger partial charge in [-0.1, -0.05) is 0 Å². The fraction of sp³-hybridized carbons (Fsp3) is 0.429. The summed E-state index contributed by atoms with van der Waals surface area (Å²) < 4.78 is 0.877. The van der Waals surface area contributed by atoms with E-state index in [0.717, 1.165) is 0 Å². The van der Waals surface area contributed by atoms with E-state index in [1.54, 1.807) is 0 Å². The van der Waals surface area contributed by atoms with Crippen molar-refractivity contribution in [2.45, 2.75) is 30.6 Å². The molecule has 3 heteroatoms. The molecule has 1 aromatic carbocycles. The quantitative estimate of drug-likeness (QED) is 0.403. The van der Waals surface area contributed by atoms with Crippen LogP contribution < -0.4 is 21.2 Å². The first kappa shape index (κ1) is 12.7. The predicted molar refractivity (Wildman–Crippen MR) is 62.0 cm³/mol. The Morgan fingerprint density at radius 3 is 2.12 bits per heavy atom. The molecule has 2 nitrogen and oxygen atoms in total. The van der Waals surface area contributed by atoms with Gasteiger partial charge in [0, 0.05) is 0 Å². The Morgan fingerprint density at radius 2 is 1.59 bits per heavy atom. The molecule has 1 aliphatic carbocycles. The molecule has 92 valence electrons. The molecule has 17 heavy (non-hydrogen) atoms. The van der Waals surface area contributed by atoms with Crippen LogP contribution in [0.5, 0.6) is 0 Å². The normalized spacial score (nSPS) is 20.8. The first-order chi connectivity index (χ1) is 7.98. The van der Waals surface area contributed by atoms with Gasteiger partial charge in [-0.3, -0.25) is 0 Å². The van der Waals surface area contributed by atoms with Gasteiger partial charge in [0.15, 0.2) is 0 Å². The number of hydrogen-bond donors (Lipinski definition) is 0. The molecule has 0 heterocycles. The molecule has 1 aromatic rings. The van der Waals surface area contributed by atoms with Gasteiger partial charge in [0.2, 0.25) is 0 Å². The molecule has 0 bridgehead atoms. The summed E-state index contributed by atoms with van der Waals surface area (Å²) in [5.41, 5.74) is -0.134. The Bertz CT molecular complexity index is 417. The van der Waals surface area contributed by atoms with Crippen LogP contribution in [0.4, 0.5) is 0 Å². The van der Waals surface area contributed by atoms with Crippen molar-refractivity contribution < 1.29 is 30.8 Å². The van der Waals surface area contributed by atoms with E-state index in [0.29, 0.717) is 12.8 Å². The number of Topliss-reactive ketones (excluding diaryl/α,β-unsaturated/α-hetero) is 2. The molecule has 0 aliphatic heterocycles. The Kier molecular flexibility index (Phi) is 3.66. The molecule has 2 rings (SSSR count). The zero-order valence-corrected chi connectivity index (χ0v) is 12.2. The summed E-state index contributed by atoms with van der Waals surface area (Å²) in [5.74, 6) is 0.311. The number of halogens is 1. The average molecular weight is 343 g/mol. The Labute approximate surface area is 112 Å². The maximum atomic E-state index is 12.0. The Morgan fingerprint density at radius 1 is 1.06 bits per heavy atom. The first-order valence-electron chi connectivity index (χ1n) is 5.72. The van der Waals surface area contributed by atoms with Crippen LogP contribution in [0, 0.1) is 8.99 Å². The van der Waals surface area contributed by atoms with Crippen molar-refractivity contribution in [2.24, 2.45) is 5.41 Å². The van der Waals surface area contributed by atoms with Crippen molar-refractivity contribution in [3.05, 3.63) is 33.9 Å². The molecule has 1 saturated carbocycles. The summed E-state index contributed by atoms with van der Waals surface area (Å²) in [7, 11) is 0. The summed E-state index contributed by atoms with van der Waals surface area (Å²) in [4.78, 5) is 24.1. The van der Waals surface area contributed by atoms with Gasteiger partial charge in [0.25, 0.3) is 0 Å². The summed E-state index contributed by atoms with van der Waals surface area (Å²) in [5, 5.41) is 0. The summed E-state index contributed by atoms with van der Waals surface area (Å²) in [6.07, 6.45) is 1.10. The van der Waals surface area contributed by atoms with Crippen LogP contribution >= 0.6 is 0 Å². The van der Waals surface area contributed by atoms with Gasteiger partial charge >= 0.3 is 112 Å². The van der Waals surface area contributed by atoms with E-state index in [1.165, 1.54) is 3.57 Å². The molecular formula is C14H16IO2-. The number of carbonyl (C=O) groups is 2. The molecule has 0 N–H and O–H groups in total. The molecule has 0 unspecified atom stereocenters. The maximum absolute atomic E-state index is 12.0. The summed E-state index contributed by atoms with van der Waals surface area (Å²) >= 11 is -0.516. The minimum absolute atomic E-state index is 0.134. The molecule has 0 aromatic heterocycles. The van der Waals surface area contributed by atoms with E-state index in [2.05, 4.69) is 0 Å². The van der Waals surface area contributed by atoms with Gasteiger partial charge in [-0.2, -0.15) is 0 Å². The van der Waals surface area contributed by atoms with Crippen molar-refractivity contribution >= 4 is 11.6 Å². The molecular weight excluding hydrogens is 327 g/mol. The van der Waals surface area contributed by atoms with Gasteiger partial charge < -0.3 is 0 Å². The Hall–Kier alpha value is -0.710. The van der Waals surface area contributed by atoms with E-state index in [-0.39, 0.29) is 20.9 Å². The van der Waals surface area contributed by atoms with Crippen LogP contribution in [0.2, 0.25) is 0 Å². The minimum atomic E-state index is -0.516. The van der Waals surface area contributed by atoms with Gasteiger partial charge in [0.1, 0.15) is 0 Å². The standard InChI is InChI=1S/C14H16IO2/c1-14(2)8-11(16)13(12(17)9-14)15-10-6-4-3-5-7-10/h3-7,13H,8-9H2,1-2H3/q-1. The van der Waals surface area contributed by atoms with E-state index in [1.807, 2.05) is 44.2 Å². The van der Waals surface area contributed by atoms with E-state index >= 15 is 0 Å². The number of carbonyl (C=O) groups excluding carboxylic acids is 2. The average Bonchev–Trinajstić information content (AvgIpc) is 2.24. The molecule has 1 fully saturated rings. The second-order valence-corrected chi connectivity index (χ2v) is 8.33. The molecule has 1 aliphatic rings. The van der Waals surface area contributed by atoms with Crippen LogP contribution in [0.25, 0.3) is 0 Å². The number of ketones is 2. The zero-order valence-electron chi connectivity index (χ0n) is 10.1. The Balaban J connectivity index is 2.12. The third-order valence-electron chi connectivity index (χ3n) is 2.84. The third-order valence-corrected chi connectivity index (χ3v) is 6.29. The van der Waals surface area contributed by atoms with Gasteiger partial charge in [0.05, 0.1) is 0 Å². The van der Waals surface area contributed by atoms with Crippen molar-refractivity contribution in [3.63, 3.8) is 0 Å². The van der Waals surface area contributed by atoms with E-state index in [4.69, 9.17) is 0 Å². The number of benzene rings is 1. The van der Waals surface area contributed by atoms with Crippen molar-refractivity contribution in [1.29, 1.82) is 0 Å². The van der Waals surface area contributed by atoms with Crippen LogP contribution in [0.3, 0.4) is 0 Å². The van der Waals surface area contributed by atoms with Gasteiger partial charge in [-0.15, -0.1) is 0 Å². The van der Waals surface area contributed by atoms with E-state index < -0.39 is 21.2 Å². The molecule has 0 atom stereocenters. The zero-order chi connectivity index (χ0) is 12.5. The molecule has 0 radical (unpaired) electrons.